The fourth-order valence-electron chi connectivity index (χ4n) is 1.41. The Kier molecular flexibility index (Phi) is 2.83. The molecule has 0 N–H and O–H groups in total. The zero-order valence-corrected chi connectivity index (χ0v) is 8.57. The number of hydrogen-bond acceptors (Lipinski definition) is 3. The molecule has 1 heterocycles. The third kappa shape index (κ3) is 2.07. The lowest BCUT2D eigenvalue weighted by molar-refractivity contribution is 0.513. The van der Waals surface area contributed by atoms with Gasteiger partial charge in [0.2, 0.25) is 0 Å². The van der Waals surface area contributed by atoms with E-state index in [2.05, 4.69) is 5.18 Å². The molecule has 2 aromatic rings. The second-order valence-corrected chi connectivity index (χ2v) is 3.49. The summed E-state index contributed by atoms with van der Waals surface area (Å²) >= 11 is 5.78. The predicted octanol–water partition coefficient (Wildman–Crippen LogP) is 3.87. The molecule has 0 saturated heterocycles. The highest BCUT2D eigenvalue weighted by Crippen LogP contribution is 2.26. The number of nitrogens with zero attached hydrogens (tertiary/aromatic N) is 1. The van der Waals surface area contributed by atoms with Crippen LogP contribution in [0.25, 0.3) is 11.1 Å². The van der Waals surface area contributed by atoms with Crippen molar-refractivity contribution in [3.63, 3.8) is 0 Å². The van der Waals surface area contributed by atoms with E-state index in [9.17, 15) is 4.91 Å². The van der Waals surface area contributed by atoms with Gasteiger partial charge in [-0.25, -0.2) is 0 Å². The van der Waals surface area contributed by atoms with E-state index in [0.717, 1.165) is 11.1 Å². The van der Waals surface area contributed by atoms with Gasteiger partial charge < -0.3 is 4.42 Å². The average molecular weight is 222 g/mol. The van der Waals surface area contributed by atoms with E-state index in [1.807, 2.05) is 18.2 Å². The molecule has 0 radical (unpaired) electrons. The molecule has 0 atom stereocenters. The molecule has 0 aliphatic rings. The lowest BCUT2D eigenvalue weighted by atomic mass is 10.1. The Bertz CT molecular complexity index is 462. The van der Waals surface area contributed by atoms with Gasteiger partial charge in [0.15, 0.2) is 0 Å². The first-order chi connectivity index (χ1) is 7.31. The first kappa shape index (κ1) is 9.93. The summed E-state index contributed by atoms with van der Waals surface area (Å²) in [6.07, 6.45) is 1.55. The van der Waals surface area contributed by atoms with Crippen LogP contribution in [0.15, 0.2) is 46.2 Å². The topological polar surface area (TPSA) is 42.6 Å². The van der Waals surface area contributed by atoms with Crippen molar-refractivity contribution >= 4 is 11.6 Å². The van der Waals surface area contributed by atoms with Gasteiger partial charge in [0.05, 0.1) is 6.26 Å². The van der Waals surface area contributed by atoms with Crippen LogP contribution in [0.5, 0.6) is 0 Å². The summed E-state index contributed by atoms with van der Waals surface area (Å²) in [4.78, 5) is 10.2. The fraction of sp³-hybridized carbons (Fsp3) is 0.0909. The van der Waals surface area contributed by atoms with Crippen molar-refractivity contribution in [1.29, 1.82) is 0 Å². The number of rotatable bonds is 3. The van der Waals surface area contributed by atoms with E-state index < -0.39 is 0 Å². The number of benzene rings is 1. The highest BCUT2D eigenvalue weighted by atomic mass is 35.5. The van der Waals surface area contributed by atoms with Crippen LogP contribution in [0.2, 0.25) is 5.02 Å². The van der Waals surface area contributed by atoms with E-state index in [1.54, 1.807) is 18.4 Å². The highest BCUT2D eigenvalue weighted by Gasteiger charge is 2.08. The average Bonchev–Trinajstić information content (AvgIpc) is 2.68. The van der Waals surface area contributed by atoms with Gasteiger partial charge in [-0.05, 0) is 23.8 Å². The summed E-state index contributed by atoms with van der Waals surface area (Å²) in [5.74, 6) is 0.576. The van der Waals surface area contributed by atoms with E-state index in [1.165, 1.54) is 0 Å². The van der Waals surface area contributed by atoms with Crippen LogP contribution in [-0.4, -0.2) is 0 Å². The Balaban J connectivity index is 2.40. The Morgan fingerprint density at radius 3 is 2.60 bits per heavy atom. The molecule has 0 aliphatic heterocycles. The molecule has 0 fully saturated rings. The summed E-state index contributed by atoms with van der Waals surface area (Å²) in [7, 11) is 0. The Morgan fingerprint density at radius 2 is 1.93 bits per heavy atom. The van der Waals surface area contributed by atoms with Gasteiger partial charge in [-0.2, -0.15) is 4.91 Å². The van der Waals surface area contributed by atoms with E-state index in [-0.39, 0.29) is 6.54 Å². The van der Waals surface area contributed by atoms with Gasteiger partial charge in [0, 0.05) is 10.6 Å². The van der Waals surface area contributed by atoms with Gasteiger partial charge in [-0.15, -0.1) is 0 Å². The van der Waals surface area contributed by atoms with E-state index in [0.29, 0.717) is 10.8 Å². The van der Waals surface area contributed by atoms with Gasteiger partial charge in [-0.3, -0.25) is 0 Å². The smallest absolute Gasteiger partial charge is 0.139 e. The summed E-state index contributed by atoms with van der Waals surface area (Å²) in [5.41, 5.74) is 1.85. The molecule has 0 spiro atoms. The molecule has 15 heavy (non-hydrogen) atoms. The number of nitroso groups, excluding NO2 is 1. The maximum absolute atomic E-state index is 10.2. The largest absolute Gasteiger partial charge is 0.467 e. The monoisotopic (exact) mass is 221 g/mol. The standard InChI is InChI=1S/C11H8ClNO2/c12-9-3-1-8(2-4-9)10-5-6-15-11(10)7-13-14/h1-6H,7H2. The second-order valence-electron chi connectivity index (χ2n) is 3.05. The minimum atomic E-state index is 0.0466. The lowest BCUT2D eigenvalue weighted by Crippen LogP contribution is -1.81. The Morgan fingerprint density at radius 1 is 1.20 bits per heavy atom. The molecule has 0 bridgehead atoms. The molecule has 2 rings (SSSR count). The normalized spacial score (nSPS) is 10.2. The van der Waals surface area contributed by atoms with Crippen LogP contribution in [0, 0.1) is 4.91 Å². The van der Waals surface area contributed by atoms with Gasteiger partial charge in [-0.1, -0.05) is 28.9 Å². The zero-order chi connectivity index (χ0) is 10.7. The Hall–Kier alpha value is -1.61. The molecule has 0 unspecified atom stereocenters. The van der Waals surface area contributed by atoms with Crippen LogP contribution in [-0.2, 0) is 6.54 Å². The summed E-state index contributed by atoms with van der Waals surface area (Å²) in [6.45, 7) is 0.0466. The maximum atomic E-state index is 10.2. The molecule has 0 saturated carbocycles. The SMILES string of the molecule is O=NCc1occc1-c1ccc(Cl)cc1. The lowest BCUT2D eigenvalue weighted by Gasteiger charge is -1.99. The fourth-order valence-corrected chi connectivity index (χ4v) is 1.53. The van der Waals surface area contributed by atoms with Crippen molar-refractivity contribution in [2.24, 2.45) is 5.18 Å². The quantitative estimate of drug-likeness (QED) is 0.739. The minimum absolute atomic E-state index is 0.0466. The molecule has 0 amide bonds. The molecular formula is C11H8ClNO2. The highest BCUT2D eigenvalue weighted by molar-refractivity contribution is 6.30. The zero-order valence-electron chi connectivity index (χ0n) is 7.81. The van der Waals surface area contributed by atoms with Crippen molar-refractivity contribution in [3.05, 3.63) is 52.3 Å². The van der Waals surface area contributed by atoms with Gasteiger partial charge in [0.1, 0.15) is 12.3 Å². The molecular weight excluding hydrogens is 214 g/mol. The first-order valence-electron chi connectivity index (χ1n) is 4.42. The van der Waals surface area contributed by atoms with Crippen molar-refractivity contribution < 1.29 is 4.42 Å². The van der Waals surface area contributed by atoms with Crippen LogP contribution in [0.4, 0.5) is 0 Å². The molecule has 76 valence electrons. The van der Waals surface area contributed by atoms with Crippen molar-refractivity contribution in [2.75, 3.05) is 0 Å². The molecule has 0 aliphatic carbocycles. The van der Waals surface area contributed by atoms with Gasteiger partial charge >= 0.3 is 0 Å². The van der Waals surface area contributed by atoms with Crippen molar-refractivity contribution in [2.45, 2.75) is 6.54 Å². The van der Waals surface area contributed by atoms with Crippen molar-refractivity contribution in [1.82, 2.24) is 0 Å². The van der Waals surface area contributed by atoms with E-state index in [4.69, 9.17) is 16.0 Å². The third-order valence-electron chi connectivity index (χ3n) is 2.11. The Labute approximate surface area is 91.6 Å². The van der Waals surface area contributed by atoms with Crippen LogP contribution < -0.4 is 0 Å². The van der Waals surface area contributed by atoms with Crippen LogP contribution in [0.3, 0.4) is 0 Å². The van der Waals surface area contributed by atoms with Crippen LogP contribution in [0.1, 0.15) is 5.76 Å². The summed E-state index contributed by atoms with van der Waals surface area (Å²) < 4.78 is 5.16. The van der Waals surface area contributed by atoms with Gasteiger partial charge in [0.25, 0.3) is 0 Å². The molecule has 4 heteroatoms. The number of hydrogen-bond donors (Lipinski definition) is 0. The third-order valence-corrected chi connectivity index (χ3v) is 2.36. The summed E-state index contributed by atoms with van der Waals surface area (Å²) in [6, 6.07) is 9.15. The molecule has 3 nitrogen and oxygen atoms in total. The molecule has 1 aromatic carbocycles. The maximum Gasteiger partial charge on any atom is 0.139 e. The van der Waals surface area contributed by atoms with Crippen molar-refractivity contribution in [3.8, 4) is 11.1 Å². The predicted molar refractivity (Wildman–Crippen MR) is 58.7 cm³/mol. The van der Waals surface area contributed by atoms with E-state index >= 15 is 0 Å². The summed E-state index contributed by atoms with van der Waals surface area (Å²) in [5, 5.41) is 3.49. The first-order valence-corrected chi connectivity index (χ1v) is 4.80. The second kappa shape index (κ2) is 4.28. The molecule has 1 aromatic heterocycles. The minimum Gasteiger partial charge on any atom is -0.467 e. The number of halogens is 1. The number of furan rings is 1. The van der Waals surface area contributed by atoms with Crippen LogP contribution >= 0.6 is 11.6 Å².